The number of ether oxygens (including phenoxy) is 1. The lowest BCUT2D eigenvalue weighted by Gasteiger charge is -2.25. The Morgan fingerprint density at radius 1 is 1.28 bits per heavy atom. The maximum atomic E-state index is 12.4. The van der Waals surface area contributed by atoms with E-state index in [0.29, 0.717) is 30.4 Å². The summed E-state index contributed by atoms with van der Waals surface area (Å²) in [7, 11) is 0. The van der Waals surface area contributed by atoms with Crippen LogP contribution in [0.1, 0.15) is 41.6 Å². The van der Waals surface area contributed by atoms with Crippen LogP contribution in [0.2, 0.25) is 0 Å². The van der Waals surface area contributed by atoms with Gasteiger partial charge < -0.3 is 15.2 Å². The monoisotopic (exact) mass is 340 g/mol. The summed E-state index contributed by atoms with van der Waals surface area (Å²) in [5.41, 5.74) is 1.56. The van der Waals surface area contributed by atoms with Crippen molar-refractivity contribution in [3.8, 4) is 5.75 Å². The van der Waals surface area contributed by atoms with Crippen LogP contribution in [-0.2, 0) is 6.61 Å². The first kappa shape index (κ1) is 17.4. The van der Waals surface area contributed by atoms with Gasteiger partial charge in [0.15, 0.2) is 0 Å². The van der Waals surface area contributed by atoms with Gasteiger partial charge in [0.2, 0.25) is 0 Å². The van der Waals surface area contributed by atoms with Gasteiger partial charge in [-0.3, -0.25) is 9.78 Å². The Balaban J connectivity index is 1.52. The van der Waals surface area contributed by atoms with Gasteiger partial charge in [0.05, 0.1) is 6.10 Å². The highest BCUT2D eigenvalue weighted by atomic mass is 16.5. The van der Waals surface area contributed by atoms with Crippen molar-refractivity contribution < 1.29 is 14.6 Å². The smallest absolute Gasteiger partial charge is 0.251 e. The van der Waals surface area contributed by atoms with Gasteiger partial charge in [-0.2, -0.15) is 0 Å². The van der Waals surface area contributed by atoms with E-state index in [1.807, 2.05) is 24.3 Å². The molecule has 1 amide bonds. The second kappa shape index (κ2) is 8.62. The molecule has 5 heteroatoms. The minimum absolute atomic E-state index is 0.105. The fraction of sp³-hybridized carbons (Fsp3) is 0.400. The summed E-state index contributed by atoms with van der Waals surface area (Å²) in [6, 6.07) is 11.0. The molecule has 1 aliphatic carbocycles. The molecule has 2 aromatic rings. The molecule has 2 atom stereocenters. The van der Waals surface area contributed by atoms with Crippen LogP contribution in [0.25, 0.3) is 0 Å². The number of aliphatic hydroxyl groups excluding tert-OH is 1. The third kappa shape index (κ3) is 5.29. The first-order valence-corrected chi connectivity index (χ1v) is 8.79. The van der Waals surface area contributed by atoms with E-state index in [1.54, 1.807) is 24.5 Å². The van der Waals surface area contributed by atoms with Crippen molar-refractivity contribution >= 4 is 5.91 Å². The van der Waals surface area contributed by atoms with Gasteiger partial charge in [-0.25, -0.2) is 0 Å². The van der Waals surface area contributed by atoms with E-state index in [-0.39, 0.29) is 12.0 Å². The zero-order valence-corrected chi connectivity index (χ0v) is 14.2. The molecule has 0 aliphatic heterocycles. The molecule has 1 heterocycles. The van der Waals surface area contributed by atoms with Crippen molar-refractivity contribution in [1.29, 1.82) is 0 Å². The number of nitrogens with zero attached hydrogens (tertiary/aromatic N) is 1. The van der Waals surface area contributed by atoms with Crippen molar-refractivity contribution in [1.82, 2.24) is 10.3 Å². The third-order valence-electron chi connectivity index (χ3n) is 4.53. The normalized spacial score (nSPS) is 20.0. The number of hydrogen-bond acceptors (Lipinski definition) is 4. The quantitative estimate of drug-likeness (QED) is 0.848. The lowest BCUT2D eigenvalue weighted by molar-refractivity contribution is 0.0873. The van der Waals surface area contributed by atoms with Gasteiger partial charge >= 0.3 is 0 Å². The summed E-state index contributed by atoms with van der Waals surface area (Å²) in [5.74, 6) is 0.911. The average Bonchev–Trinajstić information content (AvgIpc) is 2.65. The molecule has 0 bridgehead atoms. The first-order valence-electron chi connectivity index (χ1n) is 8.79. The van der Waals surface area contributed by atoms with Gasteiger partial charge in [-0.05, 0) is 49.4 Å². The molecule has 0 saturated heterocycles. The van der Waals surface area contributed by atoms with E-state index in [2.05, 4.69) is 10.3 Å². The molecule has 2 N–H and O–H groups in total. The Hall–Kier alpha value is -2.40. The summed E-state index contributed by atoms with van der Waals surface area (Å²) >= 11 is 0. The predicted molar refractivity (Wildman–Crippen MR) is 95.3 cm³/mol. The maximum absolute atomic E-state index is 12.4. The standard InChI is InChI=1S/C20H24N2O3/c23-18-7-1-4-15(10-18)13-22-20(24)17-6-2-8-19(11-17)25-14-16-5-3-9-21-12-16/h2-3,5-6,8-9,11-12,15,18,23H,1,4,7,10,13-14H2,(H,22,24). The average molecular weight is 340 g/mol. The summed E-state index contributed by atoms with van der Waals surface area (Å²) in [4.78, 5) is 16.4. The number of carbonyl (C=O) groups is 1. The SMILES string of the molecule is O=C(NCC1CCCC(O)C1)c1cccc(OCc2cccnc2)c1. The van der Waals surface area contributed by atoms with E-state index in [9.17, 15) is 9.90 Å². The lowest BCUT2D eigenvalue weighted by atomic mass is 9.87. The van der Waals surface area contributed by atoms with Gasteiger partial charge in [0.1, 0.15) is 12.4 Å². The number of amides is 1. The number of rotatable bonds is 6. The molecule has 1 aromatic carbocycles. The Morgan fingerprint density at radius 2 is 2.20 bits per heavy atom. The number of pyridine rings is 1. The Bertz CT molecular complexity index is 690. The van der Waals surface area contributed by atoms with Gasteiger partial charge in [-0.1, -0.05) is 18.6 Å². The van der Waals surface area contributed by atoms with E-state index >= 15 is 0 Å². The third-order valence-corrected chi connectivity index (χ3v) is 4.53. The Kier molecular flexibility index (Phi) is 6.01. The Labute approximate surface area is 148 Å². The number of aromatic nitrogens is 1. The summed E-state index contributed by atoms with van der Waals surface area (Å²) < 4.78 is 5.74. The molecule has 5 nitrogen and oxygen atoms in total. The second-order valence-electron chi connectivity index (χ2n) is 6.57. The van der Waals surface area contributed by atoms with E-state index in [1.165, 1.54) is 0 Å². The number of benzene rings is 1. The molecule has 1 aliphatic rings. The molecule has 3 rings (SSSR count). The zero-order chi connectivity index (χ0) is 17.5. The van der Waals surface area contributed by atoms with E-state index < -0.39 is 0 Å². The number of aliphatic hydroxyl groups is 1. The molecule has 0 radical (unpaired) electrons. The van der Waals surface area contributed by atoms with Crippen LogP contribution >= 0.6 is 0 Å². The van der Waals surface area contributed by atoms with Crippen LogP contribution in [0.5, 0.6) is 5.75 Å². The van der Waals surface area contributed by atoms with Crippen molar-refractivity contribution in [3.63, 3.8) is 0 Å². The van der Waals surface area contributed by atoms with E-state index in [4.69, 9.17) is 4.74 Å². The molecular formula is C20H24N2O3. The van der Waals surface area contributed by atoms with Gasteiger partial charge in [0.25, 0.3) is 5.91 Å². The van der Waals surface area contributed by atoms with E-state index in [0.717, 1.165) is 31.2 Å². The molecular weight excluding hydrogens is 316 g/mol. The fourth-order valence-corrected chi connectivity index (χ4v) is 3.16. The summed E-state index contributed by atoms with van der Waals surface area (Å²) in [6.07, 6.45) is 7.00. The number of hydrogen-bond donors (Lipinski definition) is 2. The number of nitrogens with one attached hydrogen (secondary N) is 1. The van der Waals surface area contributed by atoms with Crippen LogP contribution < -0.4 is 10.1 Å². The molecule has 2 unspecified atom stereocenters. The van der Waals surface area contributed by atoms with Crippen LogP contribution in [0, 0.1) is 5.92 Å². The van der Waals surface area contributed by atoms with Crippen LogP contribution in [-0.4, -0.2) is 28.6 Å². The lowest BCUT2D eigenvalue weighted by Crippen LogP contribution is -2.32. The topological polar surface area (TPSA) is 71.5 Å². The summed E-state index contributed by atoms with van der Waals surface area (Å²) in [5, 5.41) is 12.7. The van der Waals surface area contributed by atoms with Crippen LogP contribution in [0.4, 0.5) is 0 Å². The molecule has 0 spiro atoms. The molecule has 132 valence electrons. The molecule has 1 aromatic heterocycles. The minimum atomic E-state index is -0.222. The molecule has 1 saturated carbocycles. The van der Waals surface area contributed by atoms with Crippen molar-refractivity contribution in [2.45, 2.75) is 38.4 Å². The van der Waals surface area contributed by atoms with Gasteiger partial charge in [-0.15, -0.1) is 0 Å². The maximum Gasteiger partial charge on any atom is 0.251 e. The van der Waals surface area contributed by atoms with Crippen molar-refractivity contribution in [2.24, 2.45) is 5.92 Å². The van der Waals surface area contributed by atoms with Gasteiger partial charge in [0, 0.05) is 30.1 Å². The Morgan fingerprint density at radius 3 is 3.00 bits per heavy atom. The fourth-order valence-electron chi connectivity index (χ4n) is 3.16. The van der Waals surface area contributed by atoms with Crippen molar-refractivity contribution in [3.05, 3.63) is 59.9 Å². The molecule has 25 heavy (non-hydrogen) atoms. The first-order chi connectivity index (χ1) is 12.2. The highest BCUT2D eigenvalue weighted by Gasteiger charge is 2.20. The summed E-state index contributed by atoms with van der Waals surface area (Å²) in [6.45, 7) is 1.02. The largest absolute Gasteiger partial charge is 0.489 e. The van der Waals surface area contributed by atoms with Crippen LogP contribution in [0.15, 0.2) is 48.8 Å². The number of carbonyl (C=O) groups excluding carboxylic acids is 1. The zero-order valence-electron chi connectivity index (χ0n) is 14.2. The molecule has 1 fully saturated rings. The highest BCUT2D eigenvalue weighted by Crippen LogP contribution is 2.23. The second-order valence-corrected chi connectivity index (χ2v) is 6.57. The van der Waals surface area contributed by atoms with Crippen molar-refractivity contribution in [2.75, 3.05) is 6.54 Å². The highest BCUT2D eigenvalue weighted by molar-refractivity contribution is 5.94. The minimum Gasteiger partial charge on any atom is -0.489 e. The predicted octanol–water partition coefficient (Wildman–Crippen LogP) is 2.94. The van der Waals surface area contributed by atoms with Crippen LogP contribution in [0.3, 0.4) is 0 Å².